The number of hydrogen-bond acceptors (Lipinski definition) is 0. The fourth-order valence-corrected chi connectivity index (χ4v) is 0.560. The van der Waals surface area contributed by atoms with E-state index in [4.69, 9.17) is 151 Å². The highest BCUT2D eigenvalue weighted by molar-refractivity contribution is 6.83. The number of benzene rings is 1. The van der Waals surface area contributed by atoms with E-state index >= 15 is 0 Å². The zero-order valence-corrected chi connectivity index (χ0v) is 21.0. The Labute approximate surface area is 207 Å². The first-order valence-electron chi connectivity index (χ1n) is 4.93. The summed E-state index contributed by atoms with van der Waals surface area (Å²) < 4.78 is -2.27. The van der Waals surface area contributed by atoms with Gasteiger partial charge in [-0.05, 0) is 12.1 Å². The molecule has 0 aromatic heterocycles. The van der Waals surface area contributed by atoms with Crippen molar-refractivity contribution in [2.75, 3.05) is 5.34 Å². The molecule has 24 heavy (non-hydrogen) atoms. The average molecular weight is 602 g/mol. The van der Waals surface area contributed by atoms with Gasteiger partial charge in [-0.25, -0.2) is 0 Å². The lowest BCUT2D eigenvalue weighted by Gasteiger charge is -1.91. The molecule has 144 valence electrons. The fraction of sp³-hybridized carbons (Fsp3) is 0.273. The molecule has 1 aromatic rings. The van der Waals surface area contributed by atoms with Crippen molar-refractivity contribution >= 4 is 151 Å². The molecule has 1 rings (SSSR count). The number of rotatable bonds is 0. The molecule has 0 aliphatic heterocycles. The Hall–Kier alpha value is 2.73. The number of halogens is 13. The van der Waals surface area contributed by atoms with Crippen molar-refractivity contribution in [1.29, 1.82) is 0 Å². The largest absolute Gasteiger partial charge is 0.266 e. The van der Waals surface area contributed by atoms with Gasteiger partial charge in [-0.15, -0.1) is 23.2 Å². The molecule has 1 aromatic carbocycles. The van der Waals surface area contributed by atoms with Gasteiger partial charge in [0.2, 0.25) is 0 Å². The van der Waals surface area contributed by atoms with Crippen LogP contribution in [0, 0.1) is 0 Å². The molecule has 0 bridgehead atoms. The van der Waals surface area contributed by atoms with E-state index in [-0.39, 0.29) is 9.83 Å². The topological polar surface area (TPSA) is 0 Å². The Morgan fingerprint density at radius 2 is 1.12 bits per heavy atom. The molecule has 0 unspecified atom stereocenters. The molecule has 0 nitrogen and oxygen atoms in total. The highest BCUT2D eigenvalue weighted by Crippen LogP contribution is 2.29. The molecular weight excluding hydrogens is 593 g/mol. The summed E-state index contributed by atoms with van der Waals surface area (Å²) in [6, 6.07) is 9.44. The quantitative estimate of drug-likeness (QED) is 0.260. The van der Waals surface area contributed by atoms with E-state index in [2.05, 4.69) is 0 Å². The summed E-state index contributed by atoms with van der Waals surface area (Å²) >= 11 is 63.6. The highest BCUT2D eigenvalue weighted by atomic mass is 35.6. The maximum Gasteiger partial charge on any atom is 0.266 e. The Balaban J connectivity index is -0.000000108. The first kappa shape index (κ1) is 34.3. The van der Waals surface area contributed by atoms with Crippen LogP contribution < -0.4 is 0 Å². The van der Waals surface area contributed by atoms with Crippen molar-refractivity contribution in [2.24, 2.45) is 0 Å². The van der Waals surface area contributed by atoms with Crippen LogP contribution in [0.3, 0.4) is 0 Å². The summed E-state index contributed by atoms with van der Waals surface area (Å²) in [6.45, 7) is 0. The van der Waals surface area contributed by atoms with Crippen LogP contribution in [-0.4, -0.2) is 12.9 Å². The Morgan fingerprint density at radius 3 is 1.21 bits per heavy atom. The third-order valence-electron chi connectivity index (χ3n) is 0.816. The van der Waals surface area contributed by atoms with Crippen molar-refractivity contribution in [3.8, 4) is 0 Å². The van der Waals surface area contributed by atoms with E-state index < -0.39 is 7.55 Å². The van der Waals surface area contributed by atoms with Crippen LogP contribution in [0.1, 0.15) is 0 Å². The van der Waals surface area contributed by atoms with Gasteiger partial charge in [0.05, 0.1) is 5.34 Å². The van der Waals surface area contributed by atoms with Gasteiger partial charge < -0.3 is 0 Å². The van der Waals surface area contributed by atoms with Gasteiger partial charge in [-0.2, -0.15) is 0 Å². The minimum Gasteiger partial charge on any atom is -0.109 e. The van der Waals surface area contributed by atoms with E-state index in [1.54, 1.807) is 0 Å². The van der Waals surface area contributed by atoms with Gasteiger partial charge in [0, 0.05) is 10.6 Å². The van der Waals surface area contributed by atoms with Gasteiger partial charge in [0.15, 0.2) is 4.30 Å². The summed E-state index contributed by atoms with van der Waals surface area (Å²) in [7, 11) is 0. The molecule has 0 atom stereocenters. The van der Waals surface area contributed by atoms with E-state index in [1.807, 2.05) is 30.3 Å². The molecule has 0 saturated carbocycles. The second kappa shape index (κ2) is 25.7. The number of hydrogen-bond donors (Lipinski definition) is 0. The lowest BCUT2D eigenvalue weighted by atomic mass is 10.4. The molecule has 0 spiro atoms. The van der Waals surface area contributed by atoms with Crippen LogP contribution >= 0.6 is 151 Å². The van der Waals surface area contributed by atoms with Crippen molar-refractivity contribution < 1.29 is 0 Å². The van der Waals surface area contributed by atoms with Gasteiger partial charge in [-0.3, -0.25) is 0 Å². The second-order valence-corrected chi connectivity index (χ2v) is 10.4. The minimum absolute atomic E-state index is 0.0895. The first-order chi connectivity index (χ1) is 10.8. The van der Waals surface area contributed by atoms with Crippen LogP contribution in [0.2, 0.25) is 5.02 Å². The normalized spacial score (nSPS) is 8.75. The lowest BCUT2D eigenvalue weighted by Crippen LogP contribution is -1.81. The first-order valence-corrected chi connectivity index (χ1v) is 10.4. The molecule has 0 amide bonds. The molecule has 0 N–H and O–H groups in total. The predicted octanol–water partition coefficient (Wildman–Crippen LogP) is 10.8. The summed E-state index contributed by atoms with van der Waals surface area (Å²) in [5, 5.41) is 0.988. The minimum atomic E-state index is -1.61. The third-order valence-corrected chi connectivity index (χ3v) is 1.73. The Morgan fingerprint density at radius 1 is 0.917 bits per heavy atom. The average Bonchev–Trinajstić information content (AvgIpc) is 2.38. The molecule has 0 saturated heterocycles. The van der Waals surface area contributed by atoms with E-state index in [0.29, 0.717) is 0 Å². The molecular formula is C11H9Cl13. The Kier molecular flexibility index (Phi) is 36.7. The van der Waals surface area contributed by atoms with Crippen LogP contribution in [0.4, 0.5) is 0 Å². The maximum absolute atomic E-state index is 5.54. The predicted molar refractivity (Wildman–Crippen MR) is 121 cm³/mol. The standard InChI is InChI=1S/C6H5Cl.C2HCl3.CCl4.CHCl3.CH2Cl2/c7-6-4-2-1-3-5-6;3-1-2(4)5;2-1(3,4)5;2-1(3)4;2-1-3/h1-5H;1H;;1H;1H2. The van der Waals surface area contributed by atoms with Crippen molar-refractivity contribution in [3.05, 3.63) is 45.4 Å². The lowest BCUT2D eigenvalue weighted by molar-refractivity contribution is 1.71. The van der Waals surface area contributed by atoms with Crippen LogP contribution in [-0.2, 0) is 0 Å². The molecule has 0 aliphatic carbocycles. The summed E-state index contributed by atoms with van der Waals surface area (Å²) in [6.07, 6.45) is 0. The van der Waals surface area contributed by atoms with Crippen LogP contribution in [0.25, 0.3) is 0 Å². The van der Waals surface area contributed by atoms with Crippen LogP contribution in [0.5, 0.6) is 0 Å². The monoisotopic (exact) mass is 596 g/mol. The fourth-order valence-electron chi connectivity index (χ4n) is 0.415. The van der Waals surface area contributed by atoms with Gasteiger partial charge >= 0.3 is 0 Å². The molecule has 13 heteroatoms. The van der Waals surface area contributed by atoms with E-state index in [9.17, 15) is 0 Å². The SMILES string of the molecule is ClC(Cl)(Cl)Cl.ClC(Cl)Cl.ClC=C(Cl)Cl.ClCCl.Clc1ccccc1. The van der Waals surface area contributed by atoms with Gasteiger partial charge in [0.1, 0.15) is 4.49 Å². The molecule has 0 aliphatic rings. The molecule has 0 fully saturated rings. The van der Waals surface area contributed by atoms with Crippen LogP contribution in [0.15, 0.2) is 40.4 Å². The summed E-state index contributed by atoms with van der Waals surface area (Å²) in [5.74, 6) is 0. The smallest absolute Gasteiger partial charge is 0.109 e. The van der Waals surface area contributed by atoms with Gasteiger partial charge in [0.25, 0.3) is 3.25 Å². The maximum atomic E-state index is 5.54. The highest BCUT2D eigenvalue weighted by Gasteiger charge is 2.11. The van der Waals surface area contributed by atoms with Crippen molar-refractivity contribution in [2.45, 2.75) is 7.55 Å². The third kappa shape index (κ3) is 85.9. The molecule has 0 heterocycles. The van der Waals surface area contributed by atoms with E-state index in [0.717, 1.165) is 10.6 Å². The number of alkyl halides is 9. The van der Waals surface area contributed by atoms with E-state index in [1.165, 1.54) is 0 Å². The molecule has 0 radical (unpaired) electrons. The zero-order valence-electron chi connectivity index (χ0n) is 11.2. The van der Waals surface area contributed by atoms with Gasteiger partial charge in [-0.1, -0.05) is 146 Å². The van der Waals surface area contributed by atoms with Crippen molar-refractivity contribution in [1.82, 2.24) is 0 Å². The second-order valence-electron chi connectivity index (χ2n) is 2.47. The Bertz CT molecular complexity index is 347. The van der Waals surface area contributed by atoms with Crippen molar-refractivity contribution in [3.63, 3.8) is 0 Å². The summed E-state index contributed by atoms with van der Waals surface area (Å²) in [4.78, 5) is 0. The zero-order chi connectivity index (χ0) is 20.2. The summed E-state index contributed by atoms with van der Waals surface area (Å²) in [5.41, 5.74) is 1.09.